The molecule has 0 unspecified atom stereocenters. The fourth-order valence-corrected chi connectivity index (χ4v) is 2.97. The fraction of sp³-hybridized carbons (Fsp3) is 0.400. The Balaban J connectivity index is 0.00000400. The molecular weight excluding hydrogens is 345 g/mol. The van der Waals surface area contributed by atoms with Gasteiger partial charge in [0.1, 0.15) is 5.82 Å². The largest absolute Gasteiger partial charge is 0.329 e. The molecule has 0 bridgehead atoms. The summed E-state index contributed by atoms with van der Waals surface area (Å²) in [7, 11) is -7.49. The van der Waals surface area contributed by atoms with E-state index in [9.17, 15) is 21.2 Å². The van der Waals surface area contributed by atoms with E-state index in [-0.39, 0.29) is 41.8 Å². The average molecular weight is 362 g/mol. The third kappa shape index (κ3) is 5.75. The van der Waals surface area contributed by atoms with Crippen LogP contribution in [0.3, 0.4) is 0 Å². The molecule has 0 amide bonds. The summed E-state index contributed by atoms with van der Waals surface area (Å²) in [5.74, 6) is -1.19. The Bertz CT molecular complexity index is 680. The van der Waals surface area contributed by atoms with E-state index >= 15 is 0 Å². The monoisotopic (exact) mass is 361 g/mol. The van der Waals surface area contributed by atoms with Crippen molar-refractivity contribution in [3.05, 3.63) is 24.0 Å². The van der Waals surface area contributed by atoms with Crippen LogP contribution >= 0.6 is 12.4 Å². The summed E-state index contributed by atoms with van der Waals surface area (Å²) in [6.07, 6.45) is 0. The highest BCUT2D eigenvalue weighted by Crippen LogP contribution is 2.20. The molecule has 1 rings (SSSR count). The van der Waals surface area contributed by atoms with Crippen molar-refractivity contribution in [2.45, 2.75) is 11.8 Å². The van der Waals surface area contributed by atoms with Crippen molar-refractivity contribution in [3.63, 3.8) is 0 Å². The van der Waals surface area contributed by atoms with Crippen LogP contribution < -0.4 is 15.2 Å². The highest BCUT2D eigenvalue weighted by atomic mass is 35.5. The zero-order valence-corrected chi connectivity index (χ0v) is 13.6. The summed E-state index contributed by atoms with van der Waals surface area (Å²) in [4.78, 5) is -0.303. The standard InChI is InChI=1S/C10H16FN3O4S2.ClH/c1-2-19(15,16)14-10-4-3-8(7-9(10)11)20(17,18)13-6-5-12;/h3-4,7,13-14H,2,5-6,12H2,1H3;1H. The molecule has 11 heteroatoms. The first-order valence-corrected chi connectivity index (χ1v) is 8.85. The molecule has 122 valence electrons. The van der Waals surface area contributed by atoms with Crippen molar-refractivity contribution in [1.82, 2.24) is 4.72 Å². The Morgan fingerprint density at radius 2 is 1.86 bits per heavy atom. The van der Waals surface area contributed by atoms with Crippen molar-refractivity contribution < 1.29 is 21.2 Å². The molecular formula is C10H17ClFN3O4S2. The van der Waals surface area contributed by atoms with Gasteiger partial charge in [0.25, 0.3) is 0 Å². The highest BCUT2D eigenvalue weighted by molar-refractivity contribution is 7.92. The average Bonchev–Trinajstić information content (AvgIpc) is 2.38. The number of sulfonamides is 2. The lowest BCUT2D eigenvalue weighted by atomic mass is 10.3. The normalized spacial score (nSPS) is 11.8. The molecule has 21 heavy (non-hydrogen) atoms. The van der Waals surface area contributed by atoms with Gasteiger partial charge in [0.05, 0.1) is 16.3 Å². The summed E-state index contributed by atoms with van der Waals surface area (Å²) >= 11 is 0. The van der Waals surface area contributed by atoms with Gasteiger partial charge in [-0.2, -0.15) is 0 Å². The maximum Gasteiger partial charge on any atom is 0.240 e. The van der Waals surface area contributed by atoms with E-state index in [1.54, 1.807) is 0 Å². The van der Waals surface area contributed by atoms with E-state index in [2.05, 4.69) is 4.72 Å². The number of rotatable bonds is 7. The van der Waals surface area contributed by atoms with Gasteiger partial charge in [-0.1, -0.05) is 0 Å². The first kappa shape index (κ1) is 20.1. The van der Waals surface area contributed by atoms with E-state index < -0.39 is 25.9 Å². The van der Waals surface area contributed by atoms with Crippen molar-refractivity contribution >= 4 is 38.1 Å². The molecule has 4 N–H and O–H groups in total. The Labute approximate surface area is 129 Å². The topological polar surface area (TPSA) is 118 Å². The molecule has 0 heterocycles. The Hall–Kier alpha value is -0.940. The Morgan fingerprint density at radius 3 is 2.33 bits per heavy atom. The molecule has 1 aromatic carbocycles. The number of anilines is 1. The van der Waals surface area contributed by atoms with Crippen molar-refractivity contribution in [2.24, 2.45) is 5.73 Å². The van der Waals surface area contributed by atoms with E-state index in [0.29, 0.717) is 0 Å². The number of halogens is 2. The molecule has 0 saturated carbocycles. The SMILES string of the molecule is CCS(=O)(=O)Nc1ccc(S(=O)(=O)NCCN)cc1F.Cl. The van der Waals surface area contributed by atoms with Gasteiger partial charge in [0.15, 0.2) is 0 Å². The molecule has 0 aromatic heterocycles. The zero-order valence-electron chi connectivity index (χ0n) is 11.2. The van der Waals surface area contributed by atoms with Crippen LogP contribution in [0, 0.1) is 5.82 Å². The molecule has 7 nitrogen and oxygen atoms in total. The number of hydrogen-bond acceptors (Lipinski definition) is 5. The smallest absolute Gasteiger partial charge is 0.240 e. The molecule has 1 aromatic rings. The van der Waals surface area contributed by atoms with Crippen LogP contribution in [-0.4, -0.2) is 35.7 Å². The van der Waals surface area contributed by atoms with Gasteiger partial charge in [-0.3, -0.25) is 4.72 Å². The number of nitrogens with one attached hydrogen (secondary N) is 2. The van der Waals surface area contributed by atoms with Crippen LogP contribution in [0.2, 0.25) is 0 Å². The van der Waals surface area contributed by atoms with Gasteiger partial charge in [0.2, 0.25) is 20.0 Å². The molecule has 0 aliphatic carbocycles. The summed E-state index contributed by atoms with van der Waals surface area (Å²) < 4.78 is 64.0. The Morgan fingerprint density at radius 1 is 1.24 bits per heavy atom. The van der Waals surface area contributed by atoms with E-state index in [0.717, 1.165) is 18.2 Å². The zero-order chi connectivity index (χ0) is 15.4. The summed E-state index contributed by atoms with van der Waals surface area (Å²) in [5, 5.41) is 0. The molecule has 0 aliphatic rings. The predicted octanol–water partition coefficient (Wildman–Crippen LogP) is 0.246. The van der Waals surface area contributed by atoms with E-state index in [1.165, 1.54) is 6.92 Å². The van der Waals surface area contributed by atoms with Crippen LogP contribution in [0.4, 0.5) is 10.1 Å². The number of hydrogen-bond donors (Lipinski definition) is 3. The van der Waals surface area contributed by atoms with Crippen LogP contribution in [0.5, 0.6) is 0 Å². The van der Waals surface area contributed by atoms with Crippen molar-refractivity contribution in [3.8, 4) is 0 Å². The summed E-state index contributed by atoms with van der Waals surface area (Å²) in [6.45, 7) is 1.53. The maximum absolute atomic E-state index is 13.7. The minimum Gasteiger partial charge on any atom is -0.329 e. The highest BCUT2D eigenvalue weighted by Gasteiger charge is 2.17. The van der Waals surface area contributed by atoms with E-state index in [4.69, 9.17) is 5.73 Å². The molecule has 0 saturated heterocycles. The minimum absolute atomic E-state index is 0. The molecule has 0 radical (unpaired) electrons. The summed E-state index contributed by atoms with van der Waals surface area (Å²) in [6, 6.07) is 2.90. The second-order valence-corrected chi connectivity index (χ2v) is 7.61. The second kappa shape index (κ2) is 7.90. The van der Waals surface area contributed by atoms with Gasteiger partial charge in [0, 0.05) is 13.1 Å². The third-order valence-electron chi connectivity index (χ3n) is 2.33. The summed E-state index contributed by atoms with van der Waals surface area (Å²) in [5.41, 5.74) is 4.87. The van der Waals surface area contributed by atoms with Crippen LogP contribution in [0.25, 0.3) is 0 Å². The van der Waals surface area contributed by atoms with Crippen LogP contribution in [0.1, 0.15) is 6.92 Å². The second-order valence-electron chi connectivity index (χ2n) is 3.83. The van der Waals surface area contributed by atoms with Gasteiger partial charge in [-0.15, -0.1) is 12.4 Å². The van der Waals surface area contributed by atoms with Crippen LogP contribution in [-0.2, 0) is 20.0 Å². The van der Waals surface area contributed by atoms with E-state index in [1.807, 2.05) is 4.72 Å². The lowest BCUT2D eigenvalue weighted by Crippen LogP contribution is -2.29. The lowest BCUT2D eigenvalue weighted by molar-refractivity contribution is 0.578. The molecule has 0 fully saturated rings. The number of benzene rings is 1. The van der Waals surface area contributed by atoms with Crippen molar-refractivity contribution in [1.29, 1.82) is 0 Å². The van der Waals surface area contributed by atoms with Gasteiger partial charge in [-0.05, 0) is 25.1 Å². The minimum atomic E-state index is -3.86. The van der Waals surface area contributed by atoms with Gasteiger partial charge >= 0.3 is 0 Å². The molecule has 0 atom stereocenters. The molecule has 0 aliphatic heterocycles. The lowest BCUT2D eigenvalue weighted by Gasteiger charge is -2.09. The van der Waals surface area contributed by atoms with Gasteiger partial charge < -0.3 is 5.73 Å². The Kier molecular flexibility index (Phi) is 7.54. The quantitative estimate of drug-likeness (QED) is 0.643. The van der Waals surface area contributed by atoms with Crippen molar-refractivity contribution in [2.75, 3.05) is 23.6 Å². The predicted molar refractivity (Wildman–Crippen MR) is 81.0 cm³/mol. The van der Waals surface area contributed by atoms with Gasteiger partial charge in [-0.25, -0.2) is 25.9 Å². The third-order valence-corrected chi connectivity index (χ3v) is 5.08. The van der Waals surface area contributed by atoms with Crippen LogP contribution in [0.15, 0.2) is 23.1 Å². The maximum atomic E-state index is 13.7. The first-order chi connectivity index (χ1) is 9.22. The first-order valence-electron chi connectivity index (χ1n) is 5.71. The number of nitrogens with two attached hydrogens (primary N) is 1. The fourth-order valence-electron chi connectivity index (χ4n) is 1.26. The molecule has 0 spiro atoms.